The summed E-state index contributed by atoms with van der Waals surface area (Å²) in [5, 5.41) is 11.8. The van der Waals surface area contributed by atoms with Crippen molar-refractivity contribution in [2.75, 3.05) is 6.61 Å². The molecule has 0 aliphatic carbocycles. The van der Waals surface area contributed by atoms with Crippen LogP contribution in [0.25, 0.3) is 21.7 Å². The summed E-state index contributed by atoms with van der Waals surface area (Å²) in [7, 11) is 0. The van der Waals surface area contributed by atoms with Crippen LogP contribution in [0.4, 0.5) is 4.79 Å². The molecule has 1 atom stereocenters. The van der Waals surface area contributed by atoms with Crippen molar-refractivity contribution in [1.29, 1.82) is 0 Å². The molecule has 0 spiro atoms. The third-order valence-corrected chi connectivity index (χ3v) is 4.97. The van der Waals surface area contributed by atoms with Gasteiger partial charge in [0.25, 0.3) is 0 Å². The SMILES string of the molecule is CC(C)C[C@@H](COc1ccc2c(c1)oc(=O)c1cnccc12)N(C(=O)O)C(C)(C)C. The van der Waals surface area contributed by atoms with Crippen molar-refractivity contribution in [1.82, 2.24) is 9.88 Å². The van der Waals surface area contributed by atoms with Crippen molar-refractivity contribution >= 4 is 27.8 Å². The third kappa shape index (κ3) is 4.56. The molecule has 3 rings (SSSR count). The quantitative estimate of drug-likeness (QED) is 0.457. The van der Waals surface area contributed by atoms with E-state index in [1.165, 1.54) is 11.1 Å². The van der Waals surface area contributed by atoms with Crippen LogP contribution in [0.3, 0.4) is 0 Å². The first-order chi connectivity index (χ1) is 14.1. The van der Waals surface area contributed by atoms with Gasteiger partial charge in [-0.05, 0) is 51.3 Å². The Bertz CT molecular complexity index is 1110. The van der Waals surface area contributed by atoms with Gasteiger partial charge in [0.05, 0.1) is 11.4 Å². The fourth-order valence-electron chi connectivity index (χ4n) is 3.82. The number of nitrogens with zero attached hydrogens (tertiary/aromatic N) is 2. The van der Waals surface area contributed by atoms with Crippen LogP contribution in [-0.2, 0) is 0 Å². The average Bonchev–Trinajstić information content (AvgIpc) is 2.64. The third-order valence-electron chi connectivity index (χ3n) is 4.97. The van der Waals surface area contributed by atoms with Crippen LogP contribution in [0.2, 0.25) is 0 Å². The number of hydrogen-bond donors (Lipinski definition) is 1. The highest BCUT2D eigenvalue weighted by Crippen LogP contribution is 2.27. The first-order valence-corrected chi connectivity index (χ1v) is 10.0. The first-order valence-electron chi connectivity index (χ1n) is 10.0. The van der Waals surface area contributed by atoms with E-state index in [2.05, 4.69) is 18.8 Å². The second kappa shape index (κ2) is 8.34. The number of carboxylic acid groups (broad SMARTS) is 1. The molecule has 0 aliphatic heterocycles. The minimum Gasteiger partial charge on any atom is -0.491 e. The molecule has 0 bridgehead atoms. The zero-order valence-electron chi connectivity index (χ0n) is 18.0. The van der Waals surface area contributed by atoms with Crippen molar-refractivity contribution < 1.29 is 19.1 Å². The van der Waals surface area contributed by atoms with E-state index in [0.29, 0.717) is 29.1 Å². The van der Waals surface area contributed by atoms with Crippen LogP contribution >= 0.6 is 0 Å². The molecule has 3 aromatic rings. The van der Waals surface area contributed by atoms with Crippen LogP contribution in [0.5, 0.6) is 5.75 Å². The second-order valence-corrected chi connectivity index (χ2v) is 8.89. The minimum atomic E-state index is -0.971. The standard InChI is InChI=1S/C23H28N2O5/c1-14(2)10-15(25(22(27)28)23(3,4)5)13-29-16-6-7-18-17-8-9-24-12-19(17)21(26)30-20(18)11-16/h6-9,11-12,14-15H,10,13H2,1-5H3,(H,27,28)/t15-/m0/s1. The van der Waals surface area contributed by atoms with E-state index >= 15 is 0 Å². The van der Waals surface area contributed by atoms with Gasteiger partial charge in [-0.3, -0.25) is 9.88 Å². The van der Waals surface area contributed by atoms with Gasteiger partial charge in [-0.25, -0.2) is 9.59 Å². The Kier molecular flexibility index (Phi) is 6.01. The Labute approximate surface area is 175 Å². The number of carbonyl (C=O) groups is 1. The molecular weight excluding hydrogens is 384 g/mol. The molecule has 0 saturated heterocycles. The summed E-state index contributed by atoms with van der Waals surface area (Å²) in [6.45, 7) is 9.94. The molecule has 0 radical (unpaired) electrons. The average molecular weight is 412 g/mol. The topological polar surface area (TPSA) is 92.9 Å². The molecule has 7 nitrogen and oxygen atoms in total. The van der Waals surface area contributed by atoms with Gasteiger partial charge in [0.1, 0.15) is 17.9 Å². The van der Waals surface area contributed by atoms with Gasteiger partial charge >= 0.3 is 11.7 Å². The fraction of sp³-hybridized carbons (Fsp3) is 0.435. The Morgan fingerprint density at radius 2 is 1.93 bits per heavy atom. The van der Waals surface area contributed by atoms with Gasteiger partial charge in [-0.1, -0.05) is 13.8 Å². The minimum absolute atomic E-state index is 0.203. The molecule has 30 heavy (non-hydrogen) atoms. The predicted octanol–water partition coefficient (Wildman–Crippen LogP) is 4.91. The van der Waals surface area contributed by atoms with Crippen LogP contribution in [-0.4, -0.2) is 39.3 Å². The number of fused-ring (bicyclic) bond motifs is 3. The lowest BCUT2D eigenvalue weighted by Gasteiger charge is -2.40. The molecule has 2 aromatic heterocycles. The molecule has 0 unspecified atom stereocenters. The molecule has 7 heteroatoms. The number of rotatable bonds is 6. The normalized spacial score (nSPS) is 13.0. The zero-order valence-corrected chi connectivity index (χ0v) is 18.0. The number of amides is 1. The molecule has 1 N–H and O–H groups in total. The van der Waals surface area contributed by atoms with Gasteiger partial charge in [-0.15, -0.1) is 0 Å². The Balaban J connectivity index is 1.91. The number of hydrogen-bond acceptors (Lipinski definition) is 5. The maximum atomic E-state index is 12.2. The number of benzene rings is 1. The van der Waals surface area contributed by atoms with Crippen molar-refractivity contribution in [2.45, 2.75) is 52.6 Å². The Hall–Kier alpha value is -3.09. The summed E-state index contributed by atoms with van der Waals surface area (Å²) >= 11 is 0. The van der Waals surface area contributed by atoms with Crippen molar-refractivity contribution in [2.24, 2.45) is 5.92 Å². The lowest BCUT2D eigenvalue weighted by atomic mass is 9.97. The first kappa shape index (κ1) is 21.6. The van der Waals surface area contributed by atoms with Gasteiger partial charge in [0.15, 0.2) is 0 Å². The molecule has 1 amide bonds. The highest BCUT2D eigenvalue weighted by Gasteiger charge is 2.34. The summed E-state index contributed by atoms with van der Waals surface area (Å²) in [6.07, 6.45) is 2.83. The van der Waals surface area contributed by atoms with E-state index in [-0.39, 0.29) is 12.6 Å². The van der Waals surface area contributed by atoms with Gasteiger partial charge in [0, 0.05) is 34.8 Å². The van der Waals surface area contributed by atoms with E-state index in [0.717, 1.165) is 10.8 Å². The maximum Gasteiger partial charge on any atom is 0.408 e. The second-order valence-electron chi connectivity index (χ2n) is 8.89. The predicted molar refractivity (Wildman–Crippen MR) is 116 cm³/mol. The largest absolute Gasteiger partial charge is 0.491 e. The molecule has 160 valence electrons. The number of aromatic nitrogens is 1. The highest BCUT2D eigenvalue weighted by atomic mass is 16.5. The Morgan fingerprint density at radius 1 is 1.20 bits per heavy atom. The van der Waals surface area contributed by atoms with Crippen LogP contribution in [0, 0.1) is 5.92 Å². The lowest BCUT2D eigenvalue weighted by Crippen LogP contribution is -2.53. The van der Waals surface area contributed by atoms with Crippen molar-refractivity contribution in [3.05, 3.63) is 47.1 Å². The molecule has 0 saturated carbocycles. The van der Waals surface area contributed by atoms with E-state index in [4.69, 9.17) is 9.15 Å². The molecule has 0 aliphatic rings. The number of pyridine rings is 1. The fourth-order valence-corrected chi connectivity index (χ4v) is 3.82. The highest BCUT2D eigenvalue weighted by molar-refractivity contribution is 6.04. The molecule has 2 heterocycles. The lowest BCUT2D eigenvalue weighted by molar-refractivity contribution is 0.0434. The van der Waals surface area contributed by atoms with E-state index in [1.54, 1.807) is 24.4 Å². The van der Waals surface area contributed by atoms with Gasteiger partial charge < -0.3 is 14.3 Å². The van der Waals surface area contributed by atoms with Crippen molar-refractivity contribution in [3.63, 3.8) is 0 Å². The molecule has 0 fully saturated rings. The van der Waals surface area contributed by atoms with Crippen LogP contribution in [0.15, 0.2) is 45.9 Å². The van der Waals surface area contributed by atoms with Crippen LogP contribution < -0.4 is 10.4 Å². The van der Waals surface area contributed by atoms with Crippen molar-refractivity contribution in [3.8, 4) is 5.75 Å². The summed E-state index contributed by atoms with van der Waals surface area (Å²) in [5.74, 6) is 0.824. The monoisotopic (exact) mass is 412 g/mol. The summed E-state index contributed by atoms with van der Waals surface area (Å²) in [6, 6.07) is 6.78. The molecule has 1 aromatic carbocycles. The smallest absolute Gasteiger partial charge is 0.408 e. The molecular formula is C23H28N2O5. The summed E-state index contributed by atoms with van der Waals surface area (Å²) < 4.78 is 11.4. The van der Waals surface area contributed by atoms with Gasteiger partial charge in [0.2, 0.25) is 0 Å². The van der Waals surface area contributed by atoms with Gasteiger partial charge in [-0.2, -0.15) is 0 Å². The van der Waals surface area contributed by atoms with Crippen LogP contribution in [0.1, 0.15) is 41.0 Å². The van der Waals surface area contributed by atoms with E-state index < -0.39 is 17.3 Å². The van der Waals surface area contributed by atoms with E-state index in [1.807, 2.05) is 26.8 Å². The number of ether oxygens (including phenoxy) is 1. The summed E-state index contributed by atoms with van der Waals surface area (Å²) in [5.41, 5.74) is -0.592. The Morgan fingerprint density at radius 3 is 2.57 bits per heavy atom. The maximum absolute atomic E-state index is 12.2. The zero-order chi connectivity index (χ0) is 22.1. The van der Waals surface area contributed by atoms with E-state index in [9.17, 15) is 14.7 Å². The summed E-state index contributed by atoms with van der Waals surface area (Å²) in [4.78, 5) is 29.6.